The van der Waals surface area contributed by atoms with Crippen LogP contribution in [0.2, 0.25) is 0 Å². The van der Waals surface area contributed by atoms with Gasteiger partial charge in [-0.05, 0) is 51.1 Å². The van der Waals surface area contributed by atoms with Gasteiger partial charge in [-0.3, -0.25) is 0 Å². The van der Waals surface area contributed by atoms with Gasteiger partial charge in [0.1, 0.15) is 0 Å². The van der Waals surface area contributed by atoms with Crippen molar-refractivity contribution in [2.75, 3.05) is 26.3 Å². The Kier molecular flexibility index (Phi) is 8.52. The molecule has 2 heteroatoms. The minimum absolute atomic E-state index is 0.604. The molecule has 1 aromatic carbocycles. The Labute approximate surface area is 118 Å². The largest absolute Gasteiger partial charge is 0.382 e. The lowest BCUT2D eigenvalue weighted by Gasteiger charge is -2.18. The quantitative estimate of drug-likeness (QED) is 0.647. The maximum atomic E-state index is 5.45. The Hall–Kier alpha value is -0.860. The molecule has 1 unspecified atom stereocenters. The lowest BCUT2D eigenvalue weighted by molar-refractivity contribution is 0.141. The van der Waals surface area contributed by atoms with Crippen LogP contribution in [0.1, 0.15) is 50.2 Å². The SMILES string of the molecule is CCCNCC(CCCOCC)c1cccc(C)c1. The Balaban J connectivity index is 2.52. The van der Waals surface area contributed by atoms with E-state index in [1.54, 1.807) is 0 Å². The Bertz CT molecular complexity index is 338. The third-order valence-electron chi connectivity index (χ3n) is 3.38. The second kappa shape index (κ2) is 9.99. The molecule has 0 bridgehead atoms. The van der Waals surface area contributed by atoms with Crippen molar-refractivity contribution < 1.29 is 4.74 Å². The molecule has 0 aliphatic heterocycles. The fourth-order valence-corrected chi connectivity index (χ4v) is 2.34. The van der Waals surface area contributed by atoms with Gasteiger partial charge in [0.2, 0.25) is 0 Å². The fourth-order valence-electron chi connectivity index (χ4n) is 2.34. The van der Waals surface area contributed by atoms with Crippen LogP contribution in [0.4, 0.5) is 0 Å². The van der Waals surface area contributed by atoms with Gasteiger partial charge in [-0.25, -0.2) is 0 Å². The lowest BCUT2D eigenvalue weighted by atomic mass is 9.93. The number of hydrogen-bond donors (Lipinski definition) is 1. The second-order valence-corrected chi connectivity index (χ2v) is 5.15. The summed E-state index contributed by atoms with van der Waals surface area (Å²) < 4.78 is 5.45. The van der Waals surface area contributed by atoms with Gasteiger partial charge in [0, 0.05) is 19.8 Å². The highest BCUT2D eigenvalue weighted by molar-refractivity contribution is 5.25. The molecular weight excluding hydrogens is 234 g/mol. The van der Waals surface area contributed by atoms with Gasteiger partial charge in [-0.1, -0.05) is 36.8 Å². The third kappa shape index (κ3) is 6.74. The molecule has 0 aliphatic rings. The first kappa shape index (κ1) is 16.2. The highest BCUT2D eigenvalue weighted by Gasteiger charge is 2.11. The fraction of sp³-hybridized carbons (Fsp3) is 0.647. The van der Waals surface area contributed by atoms with Gasteiger partial charge < -0.3 is 10.1 Å². The van der Waals surface area contributed by atoms with Crippen LogP contribution >= 0.6 is 0 Å². The number of ether oxygens (including phenoxy) is 1. The molecule has 1 atom stereocenters. The van der Waals surface area contributed by atoms with Crippen LogP contribution in [0.5, 0.6) is 0 Å². The molecule has 1 rings (SSSR count). The molecular formula is C17H29NO. The molecule has 1 N–H and O–H groups in total. The molecule has 0 saturated heterocycles. The van der Waals surface area contributed by atoms with Crippen LogP contribution in [0.3, 0.4) is 0 Å². The van der Waals surface area contributed by atoms with E-state index in [1.165, 1.54) is 24.0 Å². The third-order valence-corrected chi connectivity index (χ3v) is 3.38. The first-order chi connectivity index (χ1) is 9.27. The predicted molar refractivity (Wildman–Crippen MR) is 82.8 cm³/mol. The number of rotatable bonds is 10. The van der Waals surface area contributed by atoms with Crippen molar-refractivity contribution in [2.45, 2.75) is 46.0 Å². The normalized spacial score (nSPS) is 12.6. The van der Waals surface area contributed by atoms with Crippen molar-refractivity contribution in [3.63, 3.8) is 0 Å². The van der Waals surface area contributed by atoms with Gasteiger partial charge in [0.25, 0.3) is 0 Å². The molecule has 2 nitrogen and oxygen atoms in total. The maximum Gasteiger partial charge on any atom is 0.0466 e. The summed E-state index contributed by atoms with van der Waals surface area (Å²) in [7, 11) is 0. The Morgan fingerprint density at radius 3 is 2.79 bits per heavy atom. The molecule has 19 heavy (non-hydrogen) atoms. The summed E-state index contributed by atoms with van der Waals surface area (Å²) in [5, 5.41) is 3.55. The van der Waals surface area contributed by atoms with E-state index in [2.05, 4.69) is 50.4 Å². The van der Waals surface area contributed by atoms with Gasteiger partial charge in [0.15, 0.2) is 0 Å². The summed E-state index contributed by atoms with van der Waals surface area (Å²) in [6, 6.07) is 8.91. The number of benzene rings is 1. The van der Waals surface area contributed by atoms with Gasteiger partial charge in [-0.2, -0.15) is 0 Å². The van der Waals surface area contributed by atoms with Crippen LogP contribution < -0.4 is 5.32 Å². The number of aryl methyl sites for hydroxylation is 1. The van der Waals surface area contributed by atoms with E-state index in [0.717, 1.165) is 32.7 Å². The zero-order valence-electron chi connectivity index (χ0n) is 12.7. The van der Waals surface area contributed by atoms with Crippen molar-refractivity contribution in [2.24, 2.45) is 0 Å². The second-order valence-electron chi connectivity index (χ2n) is 5.15. The van der Waals surface area contributed by atoms with E-state index >= 15 is 0 Å². The molecule has 0 heterocycles. The maximum absolute atomic E-state index is 5.45. The van der Waals surface area contributed by atoms with Crippen molar-refractivity contribution in [3.05, 3.63) is 35.4 Å². The van der Waals surface area contributed by atoms with Crippen molar-refractivity contribution in [3.8, 4) is 0 Å². The predicted octanol–water partition coefficient (Wildman–Crippen LogP) is 3.89. The first-order valence-electron chi connectivity index (χ1n) is 7.63. The van der Waals surface area contributed by atoms with Gasteiger partial charge >= 0.3 is 0 Å². The van der Waals surface area contributed by atoms with Crippen LogP contribution in [-0.2, 0) is 4.74 Å². The van der Waals surface area contributed by atoms with Crippen LogP contribution in [-0.4, -0.2) is 26.3 Å². The summed E-state index contributed by atoms with van der Waals surface area (Å²) in [4.78, 5) is 0. The van der Waals surface area contributed by atoms with Gasteiger partial charge in [0.05, 0.1) is 0 Å². The first-order valence-corrected chi connectivity index (χ1v) is 7.63. The van der Waals surface area contributed by atoms with Gasteiger partial charge in [-0.15, -0.1) is 0 Å². The lowest BCUT2D eigenvalue weighted by Crippen LogP contribution is -2.22. The van der Waals surface area contributed by atoms with E-state index in [0.29, 0.717) is 5.92 Å². The molecule has 0 spiro atoms. The molecule has 0 aliphatic carbocycles. The van der Waals surface area contributed by atoms with Crippen LogP contribution in [0.15, 0.2) is 24.3 Å². The molecule has 0 aromatic heterocycles. The van der Waals surface area contributed by atoms with Crippen LogP contribution in [0, 0.1) is 6.92 Å². The molecule has 1 aromatic rings. The van der Waals surface area contributed by atoms with E-state index in [-0.39, 0.29) is 0 Å². The highest BCUT2D eigenvalue weighted by Crippen LogP contribution is 2.21. The number of hydrogen-bond acceptors (Lipinski definition) is 2. The summed E-state index contributed by atoms with van der Waals surface area (Å²) in [6.07, 6.45) is 3.53. The Morgan fingerprint density at radius 1 is 1.26 bits per heavy atom. The molecule has 0 fully saturated rings. The minimum atomic E-state index is 0.604. The monoisotopic (exact) mass is 263 g/mol. The summed E-state index contributed by atoms with van der Waals surface area (Å²) >= 11 is 0. The van der Waals surface area contributed by atoms with Crippen molar-refractivity contribution in [1.82, 2.24) is 5.32 Å². The van der Waals surface area contributed by atoms with E-state index in [9.17, 15) is 0 Å². The zero-order valence-corrected chi connectivity index (χ0v) is 12.7. The molecule has 108 valence electrons. The topological polar surface area (TPSA) is 21.3 Å². The van der Waals surface area contributed by atoms with E-state index in [1.807, 2.05) is 0 Å². The zero-order chi connectivity index (χ0) is 13.9. The summed E-state index contributed by atoms with van der Waals surface area (Å²) in [6.45, 7) is 10.3. The van der Waals surface area contributed by atoms with E-state index < -0.39 is 0 Å². The molecule has 0 saturated carbocycles. The smallest absolute Gasteiger partial charge is 0.0466 e. The number of nitrogens with one attached hydrogen (secondary N) is 1. The summed E-state index contributed by atoms with van der Waals surface area (Å²) in [5.74, 6) is 0.604. The van der Waals surface area contributed by atoms with E-state index in [4.69, 9.17) is 4.74 Å². The average molecular weight is 263 g/mol. The van der Waals surface area contributed by atoms with Crippen LogP contribution in [0.25, 0.3) is 0 Å². The Morgan fingerprint density at radius 2 is 2.11 bits per heavy atom. The van der Waals surface area contributed by atoms with Crippen molar-refractivity contribution >= 4 is 0 Å². The van der Waals surface area contributed by atoms with Crippen molar-refractivity contribution in [1.29, 1.82) is 0 Å². The molecule has 0 radical (unpaired) electrons. The summed E-state index contributed by atoms with van der Waals surface area (Å²) in [5.41, 5.74) is 2.81. The minimum Gasteiger partial charge on any atom is -0.382 e. The molecule has 0 amide bonds. The standard InChI is InChI=1S/C17H29NO/c1-4-11-18-14-17(10-7-12-19-5-2)16-9-6-8-15(3)13-16/h6,8-9,13,17-18H,4-5,7,10-12,14H2,1-3H3. The highest BCUT2D eigenvalue weighted by atomic mass is 16.5. The average Bonchev–Trinajstić information content (AvgIpc) is 2.41.